The lowest BCUT2D eigenvalue weighted by Gasteiger charge is -2.23. The third-order valence-electron chi connectivity index (χ3n) is 8.94. The highest BCUT2D eigenvalue weighted by Crippen LogP contribution is 2.38. The second-order valence-electron chi connectivity index (χ2n) is 11.8. The molecule has 0 amide bonds. The molecule has 4 heteroatoms. The second kappa shape index (κ2) is 11.3. The molecule has 0 spiro atoms. The Bertz CT molecular complexity index is 2480. The highest BCUT2D eigenvalue weighted by atomic mass is 16.3. The molecule has 1 aliphatic heterocycles. The molecule has 1 atom stereocenters. The van der Waals surface area contributed by atoms with Crippen LogP contribution in [0.5, 0.6) is 0 Å². The van der Waals surface area contributed by atoms with Gasteiger partial charge in [0.2, 0.25) is 0 Å². The first-order valence-electron chi connectivity index (χ1n) is 15.9. The minimum Gasteiger partial charge on any atom is -0.455 e. The number of nitrogens with zero attached hydrogens (tertiary/aromatic N) is 2. The highest BCUT2D eigenvalue weighted by molar-refractivity contribution is 6.24. The predicted octanol–water partition coefficient (Wildman–Crippen LogP) is 10.6. The van der Waals surface area contributed by atoms with Gasteiger partial charge in [-0.1, -0.05) is 152 Å². The minimum absolute atomic E-state index is 0.416. The maximum absolute atomic E-state index is 6.56. The fourth-order valence-electron chi connectivity index (χ4n) is 6.59. The molecule has 0 bridgehead atoms. The van der Waals surface area contributed by atoms with Crippen LogP contribution in [0.3, 0.4) is 0 Å². The Morgan fingerprint density at radius 2 is 1.13 bits per heavy atom. The molecule has 4 nitrogen and oxygen atoms in total. The summed E-state index contributed by atoms with van der Waals surface area (Å²) in [5.41, 5.74) is 9.25. The lowest BCUT2D eigenvalue weighted by Crippen LogP contribution is -2.36. The summed E-state index contributed by atoms with van der Waals surface area (Å²) in [5, 5.41) is 8.15. The Kier molecular flexibility index (Phi) is 6.50. The second-order valence-corrected chi connectivity index (χ2v) is 11.8. The molecule has 8 aromatic rings. The molecule has 0 saturated carbocycles. The molecule has 1 N–H and O–H groups in total. The number of amidine groups is 2. The minimum atomic E-state index is -0.416. The number of hydrogen-bond donors (Lipinski definition) is 1. The first kappa shape index (κ1) is 27.1. The molecule has 1 aromatic heterocycles. The predicted molar refractivity (Wildman–Crippen MR) is 194 cm³/mol. The number of para-hydroxylation sites is 1. The van der Waals surface area contributed by atoms with Crippen molar-refractivity contribution in [1.29, 1.82) is 0 Å². The number of hydrogen-bond acceptors (Lipinski definition) is 4. The van der Waals surface area contributed by atoms with E-state index in [0.29, 0.717) is 0 Å². The lowest BCUT2D eigenvalue weighted by molar-refractivity contribution is 0.670. The van der Waals surface area contributed by atoms with Crippen LogP contribution in [0.1, 0.15) is 22.9 Å². The first-order valence-corrected chi connectivity index (χ1v) is 15.9. The zero-order valence-corrected chi connectivity index (χ0v) is 25.5. The Hall–Kier alpha value is -6.26. The Morgan fingerprint density at radius 3 is 1.94 bits per heavy atom. The zero-order valence-electron chi connectivity index (χ0n) is 25.5. The highest BCUT2D eigenvalue weighted by Gasteiger charge is 2.24. The summed E-state index contributed by atoms with van der Waals surface area (Å²) in [6.07, 6.45) is -0.416. The van der Waals surface area contributed by atoms with Gasteiger partial charge >= 0.3 is 0 Å². The summed E-state index contributed by atoms with van der Waals surface area (Å²) in [5.74, 6) is 1.55. The molecule has 0 fully saturated rings. The van der Waals surface area contributed by atoms with E-state index in [-0.39, 0.29) is 0 Å². The lowest BCUT2D eigenvalue weighted by atomic mass is 9.99. The van der Waals surface area contributed by atoms with Gasteiger partial charge in [-0.05, 0) is 45.2 Å². The largest absolute Gasteiger partial charge is 0.455 e. The van der Waals surface area contributed by atoms with E-state index in [1.165, 1.54) is 16.3 Å². The SMILES string of the molecule is c1ccc(C2=NC(c3ccc(-c4ccc5ccccc5c4)cc3)N=C(c3cccc4oc5c(-c6ccccc6)cccc5c34)N2)cc1. The van der Waals surface area contributed by atoms with E-state index in [9.17, 15) is 0 Å². The summed E-state index contributed by atoms with van der Waals surface area (Å²) in [4.78, 5) is 10.4. The molecule has 0 saturated heterocycles. The Morgan fingerprint density at radius 1 is 0.468 bits per heavy atom. The van der Waals surface area contributed by atoms with Crippen molar-refractivity contribution in [3.8, 4) is 22.3 Å². The third kappa shape index (κ3) is 4.88. The monoisotopic (exact) mass is 603 g/mol. The van der Waals surface area contributed by atoms with Crippen molar-refractivity contribution in [3.63, 3.8) is 0 Å². The summed E-state index contributed by atoms with van der Waals surface area (Å²) >= 11 is 0. The Balaban J connectivity index is 1.16. The van der Waals surface area contributed by atoms with Crippen LogP contribution in [0, 0.1) is 0 Å². The van der Waals surface area contributed by atoms with Crippen LogP contribution in [-0.4, -0.2) is 11.7 Å². The van der Waals surface area contributed by atoms with Crippen molar-refractivity contribution in [1.82, 2.24) is 5.32 Å². The van der Waals surface area contributed by atoms with Crippen molar-refractivity contribution < 1.29 is 4.42 Å². The van der Waals surface area contributed by atoms with Gasteiger partial charge in [0.05, 0.1) is 0 Å². The van der Waals surface area contributed by atoms with Gasteiger partial charge in [-0.2, -0.15) is 0 Å². The van der Waals surface area contributed by atoms with Crippen LogP contribution >= 0.6 is 0 Å². The van der Waals surface area contributed by atoms with Gasteiger partial charge in [0.25, 0.3) is 0 Å². The smallest absolute Gasteiger partial charge is 0.169 e. The van der Waals surface area contributed by atoms with Gasteiger partial charge in [0.15, 0.2) is 6.17 Å². The molecule has 9 rings (SSSR count). The molecule has 0 aliphatic carbocycles. The van der Waals surface area contributed by atoms with Crippen LogP contribution < -0.4 is 5.32 Å². The van der Waals surface area contributed by atoms with Crippen molar-refractivity contribution in [2.45, 2.75) is 6.17 Å². The van der Waals surface area contributed by atoms with E-state index in [4.69, 9.17) is 14.4 Å². The summed E-state index contributed by atoms with van der Waals surface area (Å²) in [6, 6.07) is 56.9. The van der Waals surface area contributed by atoms with Gasteiger partial charge in [0.1, 0.15) is 22.8 Å². The maximum Gasteiger partial charge on any atom is 0.169 e. The molecule has 47 heavy (non-hydrogen) atoms. The van der Waals surface area contributed by atoms with Gasteiger partial charge in [0, 0.05) is 27.5 Å². The molecule has 2 heterocycles. The normalized spacial score (nSPS) is 14.6. The summed E-state index contributed by atoms with van der Waals surface area (Å²) in [7, 11) is 0. The standard InChI is InChI=1S/C43H29N3O/c1-3-12-30(13-4-1)35-17-9-18-36-39-37(19-10-20-38(39)47-40(35)36)43-45-41(31-14-5-2-6-15-31)44-42(46-43)32-24-21-29(22-25-32)34-26-23-28-11-7-8-16-33(28)27-34/h1-27,42H,(H,44,45,46). The van der Waals surface area contributed by atoms with Crippen LogP contribution in [0.4, 0.5) is 0 Å². The van der Waals surface area contributed by atoms with E-state index >= 15 is 0 Å². The number of nitrogens with one attached hydrogen (secondary N) is 1. The zero-order chi connectivity index (χ0) is 31.2. The van der Waals surface area contributed by atoms with Gasteiger partial charge in [-0.15, -0.1) is 0 Å². The Labute approximate surface area is 272 Å². The van der Waals surface area contributed by atoms with E-state index in [1.54, 1.807) is 0 Å². The van der Waals surface area contributed by atoms with Crippen molar-refractivity contribution >= 4 is 44.4 Å². The number of fused-ring (bicyclic) bond motifs is 4. The van der Waals surface area contributed by atoms with Gasteiger partial charge < -0.3 is 9.73 Å². The fraction of sp³-hybridized carbons (Fsp3) is 0.0233. The molecule has 1 aliphatic rings. The van der Waals surface area contributed by atoms with E-state index in [0.717, 1.165) is 67.0 Å². The number of benzene rings is 7. The molecule has 0 radical (unpaired) electrons. The van der Waals surface area contributed by atoms with Gasteiger partial charge in [-0.3, -0.25) is 0 Å². The van der Waals surface area contributed by atoms with Crippen molar-refractivity contribution in [2.75, 3.05) is 0 Å². The number of furan rings is 1. The topological polar surface area (TPSA) is 49.9 Å². The molecule has 7 aromatic carbocycles. The van der Waals surface area contributed by atoms with Crippen LogP contribution in [-0.2, 0) is 0 Å². The molecular formula is C43H29N3O. The fourth-order valence-corrected chi connectivity index (χ4v) is 6.59. The molecular weight excluding hydrogens is 574 g/mol. The van der Waals surface area contributed by atoms with E-state index in [1.807, 2.05) is 36.4 Å². The first-order chi connectivity index (χ1) is 23.3. The average molecular weight is 604 g/mol. The van der Waals surface area contributed by atoms with Crippen molar-refractivity contribution in [3.05, 3.63) is 180 Å². The summed E-state index contributed by atoms with van der Waals surface area (Å²) < 4.78 is 6.56. The van der Waals surface area contributed by atoms with Crippen LogP contribution in [0.15, 0.2) is 178 Å². The third-order valence-corrected chi connectivity index (χ3v) is 8.94. The van der Waals surface area contributed by atoms with Crippen LogP contribution in [0.25, 0.3) is 55.0 Å². The molecule has 222 valence electrons. The van der Waals surface area contributed by atoms with Crippen LogP contribution in [0.2, 0.25) is 0 Å². The van der Waals surface area contributed by atoms with E-state index in [2.05, 4.69) is 133 Å². The number of rotatable bonds is 5. The summed E-state index contributed by atoms with van der Waals surface area (Å²) in [6.45, 7) is 0. The van der Waals surface area contributed by atoms with E-state index < -0.39 is 6.17 Å². The average Bonchev–Trinajstić information content (AvgIpc) is 3.54. The maximum atomic E-state index is 6.56. The molecule has 1 unspecified atom stereocenters. The van der Waals surface area contributed by atoms with Gasteiger partial charge in [-0.25, -0.2) is 9.98 Å². The van der Waals surface area contributed by atoms with Crippen molar-refractivity contribution in [2.24, 2.45) is 9.98 Å². The number of aliphatic imine (C=N–C) groups is 2. The quantitative estimate of drug-likeness (QED) is 0.213.